The summed E-state index contributed by atoms with van der Waals surface area (Å²) in [5.74, 6) is -0.199. The van der Waals surface area contributed by atoms with Crippen molar-refractivity contribution in [2.75, 3.05) is 0 Å². The third-order valence-corrected chi connectivity index (χ3v) is 4.84. The second-order valence-electron chi connectivity index (χ2n) is 7.58. The molecular weight excluding hydrogens is 278 g/mol. The van der Waals surface area contributed by atoms with Crippen LogP contribution in [0, 0.1) is 5.92 Å². The first-order valence-corrected chi connectivity index (χ1v) is 7.86. The second kappa shape index (κ2) is 4.83. The number of carbonyl (C=O) groups is 2. The molecule has 0 bridgehead atoms. The number of hydrogen-bond acceptors (Lipinski definition) is 3. The molecule has 2 N–H and O–H groups in total. The Kier molecular flexibility index (Phi) is 3.31. The molecule has 22 heavy (non-hydrogen) atoms. The maximum absolute atomic E-state index is 12.0. The van der Waals surface area contributed by atoms with Crippen LogP contribution in [0.2, 0.25) is 0 Å². The van der Waals surface area contributed by atoms with E-state index in [1.54, 1.807) is 6.07 Å². The van der Waals surface area contributed by atoms with Gasteiger partial charge in [0.05, 0.1) is 0 Å². The van der Waals surface area contributed by atoms with Gasteiger partial charge in [-0.15, -0.1) is 0 Å². The Labute approximate surface area is 131 Å². The molecule has 2 atom stereocenters. The first-order valence-electron chi connectivity index (χ1n) is 7.86. The molecule has 1 fully saturated rings. The highest BCUT2D eigenvalue weighted by Crippen LogP contribution is 2.63. The lowest BCUT2D eigenvalue weighted by Crippen LogP contribution is -2.24. The van der Waals surface area contributed by atoms with Crippen LogP contribution in [0.15, 0.2) is 18.2 Å². The number of primary amides is 1. The fourth-order valence-corrected chi connectivity index (χ4v) is 3.77. The van der Waals surface area contributed by atoms with E-state index in [1.807, 2.05) is 32.9 Å². The summed E-state index contributed by atoms with van der Waals surface area (Å²) in [4.78, 5) is 23.4. The van der Waals surface area contributed by atoms with E-state index in [-0.39, 0.29) is 11.4 Å². The quantitative estimate of drug-likeness (QED) is 0.873. The van der Waals surface area contributed by atoms with E-state index < -0.39 is 11.5 Å². The smallest absolute Gasteiger partial charge is 0.306 e. The van der Waals surface area contributed by atoms with Gasteiger partial charge in [0.15, 0.2) is 0 Å². The second-order valence-corrected chi connectivity index (χ2v) is 7.58. The van der Waals surface area contributed by atoms with Crippen molar-refractivity contribution < 1.29 is 14.3 Å². The van der Waals surface area contributed by atoms with Crippen LogP contribution in [0.4, 0.5) is 0 Å². The SMILES string of the molecule is CC(C)(C)OC(=O)CC1CC12CCc1ccc(C(N)=O)cc12. The van der Waals surface area contributed by atoms with Gasteiger partial charge in [-0.05, 0) is 74.6 Å². The van der Waals surface area contributed by atoms with E-state index in [1.165, 1.54) is 11.1 Å². The lowest BCUT2D eigenvalue weighted by atomic mass is 9.93. The lowest BCUT2D eigenvalue weighted by molar-refractivity contribution is -0.155. The van der Waals surface area contributed by atoms with Crippen LogP contribution in [0.1, 0.15) is 61.5 Å². The summed E-state index contributed by atoms with van der Waals surface area (Å²) in [6.07, 6.45) is 3.52. The summed E-state index contributed by atoms with van der Waals surface area (Å²) < 4.78 is 5.43. The number of fused-ring (bicyclic) bond motifs is 2. The maximum Gasteiger partial charge on any atom is 0.306 e. The van der Waals surface area contributed by atoms with E-state index in [0.29, 0.717) is 17.9 Å². The van der Waals surface area contributed by atoms with Gasteiger partial charge in [-0.1, -0.05) is 6.07 Å². The summed E-state index contributed by atoms with van der Waals surface area (Å²) in [7, 11) is 0. The molecule has 3 rings (SSSR count). The molecule has 1 aromatic carbocycles. The Bertz CT molecular complexity index is 644. The summed E-state index contributed by atoms with van der Waals surface area (Å²) in [5, 5.41) is 0. The van der Waals surface area contributed by atoms with E-state index >= 15 is 0 Å². The minimum Gasteiger partial charge on any atom is -0.460 e. The Hall–Kier alpha value is -1.84. The van der Waals surface area contributed by atoms with Crippen molar-refractivity contribution in [1.29, 1.82) is 0 Å². The zero-order valence-corrected chi connectivity index (χ0v) is 13.4. The molecular formula is C18H23NO3. The zero-order chi connectivity index (χ0) is 16.1. The molecule has 4 heteroatoms. The molecule has 0 aromatic heterocycles. The number of carbonyl (C=O) groups excluding carboxylic acids is 2. The molecule has 0 saturated heterocycles. The molecule has 2 aliphatic rings. The normalized spacial score (nSPS) is 25.9. The number of nitrogens with two attached hydrogens (primary N) is 1. The summed E-state index contributed by atoms with van der Waals surface area (Å²) in [6, 6.07) is 5.73. The highest BCUT2D eigenvalue weighted by molar-refractivity contribution is 5.93. The lowest BCUT2D eigenvalue weighted by Gasteiger charge is -2.20. The van der Waals surface area contributed by atoms with Crippen molar-refractivity contribution in [1.82, 2.24) is 0 Å². The standard InChI is InChI=1S/C18H23NO3/c1-17(2,3)22-15(20)9-13-10-18(13)7-6-11-4-5-12(16(19)21)8-14(11)18/h4-5,8,13H,6-7,9-10H2,1-3H3,(H2,19,21). The Morgan fingerprint density at radius 3 is 2.73 bits per heavy atom. The zero-order valence-electron chi connectivity index (χ0n) is 13.4. The fraction of sp³-hybridized carbons (Fsp3) is 0.556. The van der Waals surface area contributed by atoms with Crippen molar-refractivity contribution in [3.05, 3.63) is 34.9 Å². The summed E-state index contributed by atoms with van der Waals surface area (Å²) >= 11 is 0. The van der Waals surface area contributed by atoms with Gasteiger partial charge >= 0.3 is 5.97 Å². The topological polar surface area (TPSA) is 69.4 Å². The number of rotatable bonds is 3. The van der Waals surface area contributed by atoms with Gasteiger partial charge in [-0.25, -0.2) is 0 Å². The third kappa shape index (κ3) is 2.62. The average molecular weight is 301 g/mol. The molecule has 0 aliphatic heterocycles. The highest BCUT2D eigenvalue weighted by atomic mass is 16.6. The van der Waals surface area contributed by atoms with Crippen molar-refractivity contribution in [2.45, 2.75) is 57.5 Å². The van der Waals surface area contributed by atoms with Crippen molar-refractivity contribution >= 4 is 11.9 Å². The van der Waals surface area contributed by atoms with Gasteiger partial charge < -0.3 is 10.5 Å². The van der Waals surface area contributed by atoms with Gasteiger partial charge in [0, 0.05) is 12.0 Å². The molecule has 118 valence electrons. The predicted octanol–water partition coefficient (Wildman–Crippen LogP) is 2.72. The Morgan fingerprint density at radius 2 is 2.09 bits per heavy atom. The molecule has 2 aliphatic carbocycles. The van der Waals surface area contributed by atoms with Crippen molar-refractivity contribution in [3.8, 4) is 0 Å². The molecule has 2 unspecified atom stereocenters. The minimum atomic E-state index is -0.439. The number of ether oxygens (including phenoxy) is 1. The van der Waals surface area contributed by atoms with Crippen molar-refractivity contribution in [3.63, 3.8) is 0 Å². The largest absolute Gasteiger partial charge is 0.460 e. The van der Waals surface area contributed by atoms with Gasteiger partial charge in [-0.3, -0.25) is 9.59 Å². The van der Waals surface area contributed by atoms with E-state index in [2.05, 4.69) is 0 Å². The van der Waals surface area contributed by atoms with Crippen LogP contribution >= 0.6 is 0 Å². The molecule has 0 heterocycles. The van der Waals surface area contributed by atoms with Crippen LogP contribution in [-0.4, -0.2) is 17.5 Å². The van der Waals surface area contributed by atoms with Crippen LogP contribution < -0.4 is 5.73 Å². The number of hydrogen-bond donors (Lipinski definition) is 1. The molecule has 1 spiro atoms. The molecule has 1 amide bonds. The summed E-state index contributed by atoms with van der Waals surface area (Å²) in [5.41, 5.74) is 8.08. The number of aryl methyl sites for hydroxylation is 1. The van der Waals surface area contributed by atoms with E-state index in [0.717, 1.165) is 19.3 Å². The van der Waals surface area contributed by atoms with Gasteiger partial charge in [0.1, 0.15) is 5.60 Å². The number of amides is 1. The van der Waals surface area contributed by atoms with Crippen LogP contribution in [0.5, 0.6) is 0 Å². The maximum atomic E-state index is 12.0. The van der Waals surface area contributed by atoms with Gasteiger partial charge in [-0.2, -0.15) is 0 Å². The number of esters is 1. The Balaban J connectivity index is 1.75. The molecule has 4 nitrogen and oxygen atoms in total. The number of benzene rings is 1. The Morgan fingerprint density at radius 1 is 1.36 bits per heavy atom. The molecule has 1 aromatic rings. The van der Waals surface area contributed by atoms with Gasteiger partial charge in [0.2, 0.25) is 5.91 Å². The predicted molar refractivity (Wildman–Crippen MR) is 83.5 cm³/mol. The molecule has 1 saturated carbocycles. The average Bonchev–Trinajstić information content (AvgIpc) is 2.93. The third-order valence-electron chi connectivity index (χ3n) is 4.84. The van der Waals surface area contributed by atoms with Crippen LogP contribution in [0.3, 0.4) is 0 Å². The first-order chi connectivity index (χ1) is 10.2. The fourth-order valence-electron chi connectivity index (χ4n) is 3.77. The van der Waals surface area contributed by atoms with Gasteiger partial charge in [0.25, 0.3) is 0 Å². The molecule has 0 radical (unpaired) electrons. The van der Waals surface area contributed by atoms with Crippen molar-refractivity contribution in [2.24, 2.45) is 11.7 Å². The van der Waals surface area contributed by atoms with Crippen LogP contribution in [-0.2, 0) is 21.4 Å². The van der Waals surface area contributed by atoms with Crippen LogP contribution in [0.25, 0.3) is 0 Å². The van der Waals surface area contributed by atoms with E-state index in [4.69, 9.17) is 10.5 Å². The minimum absolute atomic E-state index is 0.0672. The van der Waals surface area contributed by atoms with E-state index in [9.17, 15) is 9.59 Å². The first kappa shape index (κ1) is 15.1. The highest BCUT2D eigenvalue weighted by Gasteiger charge is 2.58. The monoisotopic (exact) mass is 301 g/mol. The summed E-state index contributed by atoms with van der Waals surface area (Å²) in [6.45, 7) is 5.66.